The van der Waals surface area contributed by atoms with Crippen molar-refractivity contribution in [2.24, 2.45) is 5.41 Å². The van der Waals surface area contributed by atoms with Crippen molar-refractivity contribution >= 4 is 5.78 Å². The molecule has 3 heteroatoms. The molecule has 1 aliphatic carbocycles. The van der Waals surface area contributed by atoms with E-state index in [0.717, 1.165) is 43.7 Å². The molecule has 0 amide bonds. The zero-order chi connectivity index (χ0) is 12.6. The predicted octanol–water partition coefficient (Wildman–Crippen LogP) is 2.19. The smallest absolute Gasteiger partial charge is 0.170 e. The van der Waals surface area contributed by atoms with Crippen molar-refractivity contribution in [3.8, 4) is 5.75 Å². The lowest BCUT2D eigenvalue weighted by atomic mass is 9.64. The summed E-state index contributed by atoms with van der Waals surface area (Å²) in [5.74, 6) is 1.25. The van der Waals surface area contributed by atoms with Crippen molar-refractivity contribution in [2.75, 3.05) is 20.2 Å². The fourth-order valence-corrected chi connectivity index (χ4v) is 3.06. The van der Waals surface area contributed by atoms with Crippen LogP contribution >= 0.6 is 0 Å². The van der Waals surface area contributed by atoms with Gasteiger partial charge in [-0.25, -0.2) is 0 Å². The van der Waals surface area contributed by atoms with Gasteiger partial charge in [0.1, 0.15) is 5.75 Å². The molecule has 2 aliphatic rings. The molecular weight excluding hydrogens is 226 g/mol. The second-order valence-electron chi connectivity index (χ2n) is 5.41. The van der Waals surface area contributed by atoms with Crippen molar-refractivity contribution < 1.29 is 9.53 Å². The van der Waals surface area contributed by atoms with Crippen LogP contribution in [0.2, 0.25) is 0 Å². The van der Waals surface area contributed by atoms with E-state index in [-0.39, 0.29) is 5.41 Å². The lowest BCUT2D eigenvalue weighted by Crippen LogP contribution is -2.45. The number of hydrogen-bond donors (Lipinski definition) is 1. The largest absolute Gasteiger partial charge is 0.493 e. The van der Waals surface area contributed by atoms with E-state index < -0.39 is 0 Å². The fourth-order valence-electron chi connectivity index (χ4n) is 3.06. The van der Waals surface area contributed by atoms with Gasteiger partial charge in [-0.1, -0.05) is 6.42 Å². The summed E-state index contributed by atoms with van der Waals surface area (Å²) >= 11 is 0. The lowest BCUT2D eigenvalue weighted by Gasteiger charge is -2.40. The van der Waals surface area contributed by atoms with Gasteiger partial charge >= 0.3 is 0 Å². The Morgan fingerprint density at radius 1 is 1.44 bits per heavy atom. The van der Waals surface area contributed by atoms with E-state index in [9.17, 15) is 4.79 Å². The molecule has 1 N–H and O–H groups in total. The van der Waals surface area contributed by atoms with Crippen molar-refractivity contribution in [3.63, 3.8) is 0 Å². The summed E-state index contributed by atoms with van der Waals surface area (Å²) in [6, 6.07) is 5.89. The fraction of sp³-hybridized carbons (Fsp3) is 0.533. The number of nitrogens with one attached hydrogen (secondary N) is 1. The third kappa shape index (κ3) is 1.74. The molecule has 3 nitrogen and oxygen atoms in total. The molecule has 1 aromatic carbocycles. The topological polar surface area (TPSA) is 38.3 Å². The van der Waals surface area contributed by atoms with Crippen molar-refractivity contribution in [1.82, 2.24) is 5.32 Å². The zero-order valence-corrected chi connectivity index (χ0v) is 10.8. The van der Waals surface area contributed by atoms with E-state index in [0.29, 0.717) is 5.78 Å². The number of rotatable bonds is 4. The second kappa shape index (κ2) is 4.39. The minimum atomic E-state index is -0.150. The van der Waals surface area contributed by atoms with Gasteiger partial charge in [0.15, 0.2) is 5.78 Å². The maximum absolute atomic E-state index is 12.7. The summed E-state index contributed by atoms with van der Waals surface area (Å²) in [6.07, 6.45) is 4.12. The normalized spacial score (nSPS) is 19.8. The van der Waals surface area contributed by atoms with Crippen molar-refractivity contribution in [1.29, 1.82) is 0 Å². The number of hydrogen-bond acceptors (Lipinski definition) is 3. The molecule has 0 bridgehead atoms. The van der Waals surface area contributed by atoms with Gasteiger partial charge in [-0.05, 0) is 43.7 Å². The minimum absolute atomic E-state index is 0.150. The summed E-state index contributed by atoms with van der Waals surface area (Å²) in [7, 11) is 1.92. The molecule has 1 fully saturated rings. The number of ketones is 1. The number of carbonyl (C=O) groups excluding carboxylic acids is 1. The number of fused-ring (bicyclic) bond motifs is 1. The Balaban J connectivity index is 1.88. The van der Waals surface area contributed by atoms with E-state index in [2.05, 4.69) is 5.32 Å². The van der Waals surface area contributed by atoms with Crippen LogP contribution in [0.25, 0.3) is 0 Å². The third-order valence-electron chi connectivity index (χ3n) is 4.26. The van der Waals surface area contributed by atoms with Gasteiger partial charge < -0.3 is 10.1 Å². The first kappa shape index (κ1) is 11.7. The average Bonchev–Trinajstić information content (AvgIpc) is 2.80. The Morgan fingerprint density at radius 3 is 2.94 bits per heavy atom. The molecule has 1 saturated carbocycles. The SMILES string of the molecule is CNCC1(C(=O)c2ccc3c(c2)CCO3)CCC1. The first-order chi connectivity index (χ1) is 8.75. The van der Waals surface area contributed by atoms with Gasteiger partial charge in [-0.3, -0.25) is 4.79 Å². The van der Waals surface area contributed by atoms with E-state index >= 15 is 0 Å². The van der Waals surface area contributed by atoms with Crippen molar-refractivity contribution in [2.45, 2.75) is 25.7 Å². The van der Waals surface area contributed by atoms with Crippen LogP contribution in [0.5, 0.6) is 5.75 Å². The van der Waals surface area contributed by atoms with E-state index in [1.807, 2.05) is 25.2 Å². The molecule has 18 heavy (non-hydrogen) atoms. The Bertz CT molecular complexity index is 477. The van der Waals surface area contributed by atoms with Crippen LogP contribution < -0.4 is 10.1 Å². The van der Waals surface area contributed by atoms with Gasteiger partial charge in [0.2, 0.25) is 0 Å². The van der Waals surface area contributed by atoms with Crippen LogP contribution in [0.3, 0.4) is 0 Å². The molecule has 3 rings (SSSR count). The average molecular weight is 245 g/mol. The Hall–Kier alpha value is -1.35. The van der Waals surface area contributed by atoms with Gasteiger partial charge in [-0.2, -0.15) is 0 Å². The van der Waals surface area contributed by atoms with Gasteiger partial charge in [-0.15, -0.1) is 0 Å². The minimum Gasteiger partial charge on any atom is -0.493 e. The highest BCUT2D eigenvalue weighted by atomic mass is 16.5. The number of benzene rings is 1. The zero-order valence-electron chi connectivity index (χ0n) is 10.8. The van der Waals surface area contributed by atoms with Crippen LogP contribution in [0.4, 0.5) is 0 Å². The molecule has 0 atom stereocenters. The summed E-state index contributed by atoms with van der Waals surface area (Å²) in [5.41, 5.74) is 1.89. The molecule has 0 saturated heterocycles. The molecule has 1 aliphatic heterocycles. The quantitative estimate of drug-likeness (QED) is 0.826. The molecular formula is C15H19NO2. The highest BCUT2D eigenvalue weighted by Gasteiger charge is 2.43. The Kier molecular flexibility index (Phi) is 2.86. The van der Waals surface area contributed by atoms with E-state index in [1.54, 1.807) is 0 Å². The predicted molar refractivity (Wildman–Crippen MR) is 70.2 cm³/mol. The van der Waals surface area contributed by atoms with Crippen LogP contribution in [-0.4, -0.2) is 26.0 Å². The summed E-state index contributed by atoms with van der Waals surface area (Å²) in [4.78, 5) is 12.7. The molecule has 0 unspecified atom stereocenters. The highest BCUT2D eigenvalue weighted by Crippen LogP contribution is 2.43. The summed E-state index contributed by atoms with van der Waals surface area (Å²) < 4.78 is 5.48. The number of carbonyl (C=O) groups is 1. The van der Waals surface area contributed by atoms with E-state index in [4.69, 9.17) is 4.74 Å². The summed E-state index contributed by atoms with van der Waals surface area (Å²) in [6.45, 7) is 1.54. The monoisotopic (exact) mass is 245 g/mol. The Labute approximate surface area is 108 Å². The number of ether oxygens (including phenoxy) is 1. The summed E-state index contributed by atoms with van der Waals surface area (Å²) in [5, 5.41) is 3.17. The number of Topliss-reactive ketones (excluding diaryl/α,β-unsaturated/α-hetero) is 1. The van der Waals surface area contributed by atoms with Crippen LogP contribution in [0.1, 0.15) is 35.2 Å². The van der Waals surface area contributed by atoms with Crippen molar-refractivity contribution in [3.05, 3.63) is 29.3 Å². The van der Waals surface area contributed by atoms with Crippen LogP contribution in [0, 0.1) is 5.41 Å². The van der Waals surface area contributed by atoms with Crippen LogP contribution in [-0.2, 0) is 6.42 Å². The second-order valence-corrected chi connectivity index (χ2v) is 5.41. The molecule has 1 heterocycles. The van der Waals surface area contributed by atoms with Crippen LogP contribution in [0.15, 0.2) is 18.2 Å². The first-order valence-corrected chi connectivity index (χ1v) is 6.70. The molecule has 0 radical (unpaired) electrons. The molecule has 0 spiro atoms. The highest BCUT2D eigenvalue weighted by molar-refractivity contribution is 6.01. The molecule has 1 aromatic rings. The maximum Gasteiger partial charge on any atom is 0.170 e. The van der Waals surface area contributed by atoms with E-state index in [1.165, 1.54) is 12.0 Å². The van der Waals surface area contributed by atoms with Gasteiger partial charge in [0.05, 0.1) is 6.61 Å². The Morgan fingerprint density at radius 2 is 2.28 bits per heavy atom. The van der Waals surface area contributed by atoms with Gasteiger partial charge in [0.25, 0.3) is 0 Å². The molecule has 96 valence electrons. The first-order valence-electron chi connectivity index (χ1n) is 6.70. The third-order valence-corrected chi connectivity index (χ3v) is 4.26. The lowest BCUT2D eigenvalue weighted by molar-refractivity contribution is 0.0614. The molecule has 0 aromatic heterocycles. The standard InChI is InChI=1S/C15H19NO2/c1-16-10-15(6-2-7-15)14(17)12-3-4-13-11(9-12)5-8-18-13/h3-4,9,16H,2,5-8,10H2,1H3. The van der Waals surface area contributed by atoms with Gasteiger partial charge in [0, 0.05) is 23.9 Å². The maximum atomic E-state index is 12.7.